The summed E-state index contributed by atoms with van der Waals surface area (Å²) in [6, 6.07) is 6.34. The normalized spacial score (nSPS) is 24.0. The highest BCUT2D eigenvalue weighted by atomic mass is 32.2. The van der Waals surface area contributed by atoms with E-state index in [0.29, 0.717) is 17.5 Å². The quantitative estimate of drug-likeness (QED) is 0.887. The lowest BCUT2D eigenvalue weighted by atomic mass is 10.2. The van der Waals surface area contributed by atoms with E-state index in [-0.39, 0.29) is 24.2 Å². The van der Waals surface area contributed by atoms with Crippen LogP contribution in [-0.4, -0.2) is 54.6 Å². The van der Waals surface area contributed by atoms with E-state index >= 15 is 0 Å². The van der Waals surface area contributed by atoms with Gasteiger partial charge in [-0.15, -0.1) is 0 Å². The van der Waals surface area contributed by atoms with Crippen molar-refractivity contribution in [2.75, 3.05) is 25.5 Å². The summed E-state index contributed by atoms with van der Waals surface area (Å²) < 4.78 is 32.2. The van der Waals surface area contributed by atoms with Crippen molar-refractivity contribution in [3.8, 4) is 5.75 Å². The summed E-state index contributed by atoms with van der Waals surface area (Å²) in [4.78, 5) is 0.282. The first-order chi connectivity index (χ1) is 9.96. The summed E-state index contributed by atoms with van der Waals surface area (Å²) in [7, 11) is -3.47. The molecule has 1 heterocycles. The summed E-state index contributed by atoms with van der Waals surface area (Å²) >= 11 is 1.80. The van der Waals surface area contributed by atoms with E-state index in [9.17, 15) is 8.42 Å². The van der Waals surface area contributed by atoms with Gasteiger partial charge in [0.05, 0.1) is 11.5 Å². The van der Waals surface area contributed by atoms with Gasteiger partial charge >= 0.3 is 0 Å². The lowest BCUT2D eigenvalue weighted by Gasteiger charge is -2.36. The average Bonchev–Trinajstić information content (AvgIpc) is 2.48. The van der Waals surface area contributed by atoms with Gasteiger partial charge in [0.2, 0.25) is 10.0 Å². The van der Waals surface area contributed by atoms with E-state index in [1.165, 1.54) is 0 Å². The van der Waals surface area contributed by atoms with E-state index in [0.717, 1.165) is 5.75 Å². The Kier molecular flexibility index (Phi) is 5.54. The van der Waals surface area contributed by atoms with Crippen molar-refractivity contribution in [2.24, 2.45) is 0 Å². The van der Waals surface area contributed by atoms with Gasteiger partial charge in [0.1, 0.15) is 12.4 Å². The van der Waals surface area contributed by atoms with E-state index in [1.54, 1.807) is 40.3 Å². The number of rotatable bonds is 5. The molecule has 1 aromatic rings. The van der Waals surface area contributed by atoms with E-state index in [1.807, 2.05) is 6.92 Å². The topological polar surface area (TPSA) is 66.8 Å². The number of thioether (sulfide) groups is 1. The fraction of sp³-hybridized carbons (Fsp3) is 0.571. The Morgan fingerprint density at radius 1 is 1.33 bits per heavy atom. The van der Waals surface area contributed by atoms with Crippen LogP contribution in [0.5, 0.6) is 5.75 Å². The molecule has 1 N–H and O–H groups in total. The maximum Gasteiger partial charge on any atom is 0.243 e. The number of hydrogen-bond donors (Lipinski definition) is 1. The summed E-state index contributed by atoms with van der Waals surface area (Å²) in [5.41, 5.74) is 0. The molecule has 1 aliphatic rings. The van der Waals surface area contributed by atoms with Crippen LogP contribution in [0.25, 0.3) is 0 Å². The zero-order chi connectivity index (χ0) is 15.5. The molecule has 0 aliphatic carbocycles. The third kappa shape index (κ3) is 3.71. The summed E-state index contributed by atoms with van der Waals surface area (Å²) in [6.07, 6.45) is 0. The van der Waals surface area contributed by atoms with E-state index in [2.05, 4.69) is 6.92 Å². The molecule has 1 fully saturated rings. The maximum atomic E-state index is 12.7. The predicted molar refractivity (Wildman–Crippen MR) is 84.3 cm³/mol. The molecule has 7 heteroatoms. The monoisotopic (exact) mass is 331 g/mol. The summed E-state index contributed by atoms with van der Waals surface area (Å²) in [5.74, 6) is 1.38. The van der Waals surface area contributed by atoms with Gasteiger partial charge in [-0.1, -0.05) is 6.92 Å². The Morgan fingerprint density at radius 3 is 2.62 bits per heavy atom. The Hall–Kier alpha value is -0.760. The average molecular weight is 331 g/mol. The zero-order valence-corrected chi connectivity index (χ0v) is 13.9. The largest absolute Gasteiger partial charge is 0.491 e. The summed E-state index contributed by atoms with van der Waals surface area (Å²) in [6.45, 7) is 4.68. The molecule has 0 saturated carbocycles. The van der Waals surface area contributed by atoms with Crippen molar-refractivity contribution in [2.45, 2.75) is 30.0 Å². The highest BCUT2D eigenvalue weighted by molar-refractivity contribution is 8.00. The van der Waals surface area contributed by atoms with Gasteiger partial charge in [0, 0.05) is 23.6 Å². The minimum Gasteiger partial charge on any atom is -0.491 e. The van der Waals surface area contributed by atoms with Crippen LogP contribution in [0, 0.1) is 0 Å². The number of benzene rings is 1. The lowest BCUT2D eigenvalue weighted by molar-refractivity contribution is 0.201. The van der Waals surface area contributed by atoms with Crippen LogP contribution in [0.15, 0.2) is 29.2 Å². The second-order valence-electron chi connectivity index (χ2n) is 4.98. The van der Waals surface area contributed by atoms with E-state index < -0.39 is 10.0 Å². The van der Waals surface area contributed by atoms with Crippen LogP contribution in [0.2, 0.25) is 0 Å². The molecule has 0 aromatic heterocycles. The van der Waals surface area contributed by atoms with Gasteiger partial charge in [-0.3, -0.25) is 0 Å². The van der Waals surface area contributed by atoms with Crippen molar-refractivity contribution in [1.82, 2.24) is 4.31 Å². The van der Waals surface area contributed by atoms with Crippen LogP contribution in [0.3, 0.4) is 0 Å². The van der Waals surface area contributed by atoms with E-state index in [4.69, 9.17) is 9.84 Å². The molecule has 118 valence electrons. The molecule has 5 nitrogen and oxygen atoms in total. The first-order valence-electron chi connectivity index (χ1n) is 6.94. The van der Waals surface area contributed by atoms with Crippen LogP contribution >= 0.6 is 11.8 Å². The Labute approximate surface area is 130 Å². The third-order valence-corrected chi connectivity index (χ3v) is 6.95. The smallest absolute Gasteiger partial charge is 0.243 e. The lowest BCUT2D eigenvalue weighted by Crippen LogP contribution is -2.47. The number of sulfonamides is 1. The number of nitrogens with zero attached hydrogens (tertiary/aromatic N) is 1. The fourth-order valence-corrected chi connectivity index (χ4v) is 5.25. The molecule has 1 aromatic carbocycles. The van der Waals surface area contributed by atoms with Crippen molar-refractivity contribution in [3.05, 3.63) is 24.3 Å². The Balaban J connectivity index is 2.19. The molecule has 0 radical (unpaired) electrons. The fourth-order valence-electron chi connectivity index (χ4n) is 2.25. The molecule has 1 aliphatic heterocycles. The van der Waals surface area contributed by atoms with Crippen molar-refractivity contribution >= 4 is 21.8 Å². The molecular weight excluding hydrogens is 310 g/mol. The third-order valence-electron chi connectivity index (χ3n) is 3.62. The molecule has 2 rings (SSSR count). The standard InChI is InChI=1S/C14H21NO4S2/c1-11-12(2)20-10-7-15(11)21(17,18)14-5-3-13(4-6-14)19-9-8-16/h3-6,11-12,16H,7-10H2,1-2H3. The molecule has 0 amide bonds. The highest BCUT2D eigenvalue weighted by Gasteiger charge is 2.34. The molecule has 21 heavy (non-hydrogen) atoms. The predicted octanol–water partition coefficient (Wildman–Crippen LogP) is 1.57. The number of ether oxygens (including phenoxy) is 1. The Morgan fingerprint density at radius 2 is 2.00 bits per heavy atom. The number of aliphatic hydroxyl groups is 1. The minimum absolute atomic E-state index is 0.0148. The maximum absolute atomic E-state index is 12.7. The minimum atomic E-state index is -3.47. The molecule has 2 unspecified atom stereocenters. The van der Waals surface area contributed by atoms with Gasteiger partial charge in [-0.05, 0) is 31.2 Å². The van der Waals surface area contributed by atoms with Gasteiger partial charge in [0.25, 0.3) is 0 Å². The van der Waals surface area contributed by atoms with Crippen LogP contribution in [-0.2, 0) is 10.0 Å². The van der Waals surface area contributed by atoms with Crippen LogP contribution in [0.4, 0.5) is 0 Å². The molecule has 2 atom stereocenters. The van der Waals surface area contributed by atoms with Crippen molar-refractivity contribution < 1.29 is 18.3 Å². The van der Waals surface area contributed by atoms with Crippen LogP contribution in [0.1, 0.15) is 13.8 Å². The first kappa shape index (κ1) is 16.6. The molecule has 0 bridgehead atoms. The number of aliphatic hydroxyl groups excluding tert-OH is 1. The first-order valence-corrected chi connectivity index (χ1v) is 9.43. The van der Waals surface area contributed by atoms with Crippen LogP contribution < -0.4 is 4.74 Å². The highest BCUT2D eigenvalue weighted by Crippen LogP contribution is 2.29. The molecule has 1 saturated heterocycles. The summed E-state index contributed by atoms with van der Waals surface area (Å²) in [5, 5.41) is 9.00. The number of hydrogen-bond acceptors (Lipinski definition) is 5. The van der Waals surface area contributed by atoms with Gasteiger partial charge in [0.15, 0.2) is 0 Å². The molecule has 0 spiro atoms. The second kappa shape index (κ2) is 7.00. The molecular formula is C14H21NO4S2. The van der Waals surface area contributed by atoms with Gasteiger partial charge in [-0.25, -0.2) is 8.42 Å². The zero-order valence-electron chi connectivity index (χ0n) is 12.2. The Bertz CT molecular complexity index is 559. The van der Waals surface area contributed by atoms with Gasteiger partial charge < -0.3 is 9.84 Å². The van der Waals surface area contributed by atoms with Gasteiger partial charge in [-0.2, -0.15) is 16.1 Å². The van der Waals surface area contributed by atoms with Crippen molar-refractivity contribution in [3.63, 3.8) is 0 Å². The van der Waals surface area contributed by atoms with Crippen molar-refractivity contribution in [1.29, 1.82) is 0 Å². The SMILES string of the molecule is CC1SCCN(S(=O)(=O)c2ccc(OCCO)cc2)C1C. The second-order valence-corrected chi connectivity index (χ2v) is 8.35.